The van der Waals surface area contributed by atoms with Crippen molar-refractivity contribution in [3.05, 3.63) is 0 Å². The molecule has 0 heterocycles. The first-order chi connectivity index (χ1) is 17.3. The molecule has 0 saturated carbocycles. The first-order valence-corrected chi connectivity index (χ1v) is 14.5. The molecule has 7 atom stereocenters. The highest BCUT2D eigenvalue weighted by molar-refractivity contribution is 4.65. The first kappa shape index (κ1) is 35.7. The van der Waals surface area contributed by atoms with Gasteiger partial charge < -0.3 is 39.9 Å². The quantitative estimate of drug-likeness (QED) is 0.174. The van der Waals surface area contributed by atoms with Crippen LogP contribution in [-0.2, 0) is 28.4 Å². The third-order valence-electron chi connectivity index (χ3n) is 6.55. The number of hydrogen-bond donors (Lipinski definition) is 2. The smallest absolute Gasteiger partial charge is 0.104 e. The van der Waals surface area contributed by atoms with Crippen molar-refractivity contribution < 1.29 is 28.4 Å². The molecule has 4 N–H and O–H groups in total. The summed E-state index contributed by atoms with van der Waals surface area (Å²) in [5.74, 6) is 0.552. The lowest BCUT2D eigenvalue weighted by molar-refractivity contribution is -0.115. The topological polar surface area (TPSA) is 107 Å². The molecule has 0 bridgehead atoms. The van der Waals surface area contributed by atoms with Crippen LogP contribution in [0.2, 0.25) is 0 Å². The van der Waals surface area contributed by atoms with Crippen LogP contribution >= 0.6 is 0 Å². The van der Waals surface area contributed by atoms with Crippen molar-refractivity contribution in [3.63, 3.8) is 0 Å². The zero-order valence-electron chi connectivity index (χ0n) is 24.5. The van der Waals surface area contributed by atoms with Gasteiger partial charge in [0.2, 0.25) is 0 Å². The molecule has 0 spiro atoms. The maximum atomic E-state index is 6.21. The molecule has 0 aliphatic heterocycles. The molecule has 0 aromatic heterocycles. The average Bonchev–Trinajstić information content (AvgIpc) is 2.90. The van der Waals surface area contributed by atoms with Crippen molar-refractivity contribution in [2.45, 2.75) is 123 Å². The first-order valence-electron chi connectivity index (χ1n) is 14.5. The van der Waals surface area contributed by atoms with Gasteiger partial charge in [-0.25, -0.2) is 0 Å². The van der Waals surface area contributed by atoms with E-state index < -0.39 is 0 Å². The molecule has 0 amide bonds. The van der Waals surface area contributed by atoms with E-state index in [1.54, 1.807) is 0 Å². The number of nitrogens with two attached hydrogens (primary N) is 2. The van der Waals surface area contributed by atoms with Crippen LogP contribution in [0.5, 0.6) is 0 Å². The Morgan fingerprint density at radius 2 is 0.778 bits per heavy atom. The summed E-state index contributed by atoms with van der Waals surface area (Å²) in [6, 6.07) is 0.110. The highest BCUT2D eigenvalue weighted by Crippen LogP contribution is 2.09. The Morgan fingerprint density at radius 1 is 0.417 bits per heavy atom. The van der Waals surface area contributed by atoms with E-state index in [1.165, 1.54) is 0 Å². The van der Waals surface area contributed by atoms with Gasteiger partial charge in [0, 0.05) is 18.7 Å². The Morgan fingerprint density at radius 3 is 1.17 bits per heavy atom. The highest BCUT2D eigenvalue weighted by Gasteiger charge is 2.18. The van der Waals surface area contributed by atoms with Gasteiger partial charge in [-0.2, -0.15) is 0 Å². The zero-order chi connectivity index (χ0) is 27.2. The van der Waals surface area contributed by atoms with Gasteiger partial charge in [-0.3, -0.25) is 0 Å². The van der Waals surface area contributed by atoms with Crippen LogP contribution in [0.15, 0.2) is 0 Å². The van der Waals surface area contributed by atoms with E-state index in [2.05, 4.69) is 48.5 Å². The van der Waals surface area contributed by atoms with E-state index in [4.69, 9.17) is 39.9 Å². The van der Waals surface area contributed by atoms with Crippen molar-refractivity contribution in [3.8, 4) is 0 Å². The Hall–Kier alpha value is -0.320. The Bertz CT molecular complexity index is 445. The van der Waals surface area contributed by atoms with Gasteiger partial charge in [0.1, 0.15) is 6.10 Å². The normalized spacial score (nSPS) is 17.9. The van der Waals surface area contributed by atoms with Gasteiger partial charge in [-0.05, 0) is 38.0 Å². The maximum absolute atomic E-state index is 6.21. The van der Waals surface area contributed by atoms with Crippen LogP contribution in [0.4, 0.5) is 0 Å². The Kier molecular flexibility index (Phi) is 23.6. The molecule has 0 saturated heterocycles. The van der Waals surface area contributed by atoms with E-state index in [-0.39, 0.29) is 36.5 Å². The van der Waals surface area contributed by atoms with Crippen LogP contribution in [0.1, 0.15) is 87.0 Å². The number of hydrogen-bond acceptors (Lipinski definition) is 8. The van der Waals surface area contributed by atoms with Crippen molar-refractivity contribution in [1.82, 2.24) is 0 Å². The van der Waals surface area contributed by atoms with E-state index >= 15 is 0 Å². The van der Waals surface area contributed by atoms with Crippen LogP contribution in [0.3, 0.4) is 0 Å². The molecule has 0 aliphatic carbocycles. The predicted octanol–water partition coefficient (Wildman–Crippen LogP) is 4.31. The Balaban J connectivity index is 4.75. The van der Waals surface area contributed by atoms with E-state index in [0.717, 1.165) is 45.1 Å². The summed E-state index contributed by atoms with van der Waals surface area (Å²) >= 11 is 0. The van der Waals surface area contributed by atoms with Crippen LogP contribution in [-0.4, -0.2) is 89.4 Å². The van der Waals surface area contributed by atoms with Gasteiger partial charge in [0.25, 0.3) is 0 Å². The average molecular weight is 521 g/mol. The van der Waals surface area contributed by atoms with Crippen LogP contribution in [0.25, 0.3) is 0 Å². The molecule has 0 fully saturated rings. The lowest BCUT2D eigenvalue weighted by Gasteiger charge is -2.25. The summed E-state index contributed by atoms with van der Waals surface area (Å²) in [5, 5.41) is 0. The SMILES string of the molecule is CCC(C)COC(CC)COCC(COCC(CC)OCC(N)CC)OCC(CC)OCC(N)CC. The number of rotatable bonds is 26. The molecule has 8 heteroatoms. The minimum absolute atomic E-state index is 0.00499. The standard InChI is InChI=1S/C28H60N2O6/c1-8-22(7)14-33-25(11-4)17-31-19-28(36-21-27(13-6)35-16-24(30)10-3)20-32-18-26(12-5)34-15-23(29)9-2/h22-28H,8-21,29-30H2,1-7H3. The summed E-state index contributed by atoms with van der Waals surface area (Å²) < 4.78 is 36.2. The molecule has 218 valence electrons. The second kappa shape index (κ2) is 23.8. The Labute approximate surface area is 222 Å². The second-order valence-electron chi connectivity index (χ2n) is 9.97. The lowest BCUT2D eigenvalue weighted by atomic mass is 10.1. The predicted molar refractivity (Wildman–Crippen MR) is 147 cm³/mol. The van der Waals surface area contributed by atoms with Crippen molar-refractivity contribution in [2.24, 2.45) is 17.4 Å². The molecule has 0 radical (unpaired) electrons. The third-order valence-corrected chi connectivity index (χ3v) is 6.55. The van der Waals surface area contributed by atoms with Crippen molar-refractivity contribution in [2.75, 3.05) is 52.9 Å². The van der Waals surface area contributed by atoms with Crippen LogP contribution < -0.4 is 11.5 Å². The minimum atomic E-state index is -0.204. The minimum Gasteiger partial charge on any atom is -0.376 e. The summed E-state index contributed by atoms with van der Waals surface area (Å²) in [5.41, 5.74) is 12.0. The van der Waals surface area contributed by atoms with Gasteiger partial charge >= 0.3 is 0 Å². The fourth-order valence-corrected chi connectivity index (χ4v) is 3.07. The van der Waals surface area contributed by atoms with Crippen LogP contribution in [0, 0.1) is 5.92 Å². The summed E-state index contributed by atoms with van der Waals surface area (Å²) in [7, 11) is 0. The summed E-state index contributed by atoms with van der Waals surface area (Å²) in [6.45, 7) is 19.1. The van der Waals surface area contributed by atoms with Crippen molar-refractivity contribution >= 4 is 0 Å². The molecule has 0 aromatic rings. The summed E-state index contributed by atoms with van der Waals surface area (Å²) in [4.78, 5) is 0. The van der Waals surface area contributed by atoms with Gasteiger partial charge in [0.15, 0.2) is 0 Å². The molecule has 36 heavy (non-hydrogen) atoms. The lowest BCUT2D eigenvalue weighted by Crippen LogP contribution is -2.35. The number of ether oxygens (including phenoxy) is 6. The fraction of sp³-hybridized carbons (Fsp3) is 1.00. The van der Waals surface area contributed by atoms with Gasteiger partial charge in [-0.15, -0.1) is 0 Å². The third kappa shape index (κ3) is 18.9. The molecule has 7 unspecified atom stereocenters. The second-order valence-corrected chi connectivity index (χ2v) is 9.97. The molecular formula is C28H60N2O6. The largest absolute Gasteiger partial charge is 0.376 e. The van der Waals surface area contributed by atoms with E-state index in [0.29, 0.717) is 52.2 Å². The highest BCUT2D eigenvalue weighted by atomic mass is 16.6. The fourth-order valence-electron chi connectivity index (χ4n) is 3.07. The molecular weight excluding hydrogens is 460 g/mol. The molecule has 0 aliphatic rings. The van der Waals surface area contributed by atoms with Gasteiger partial charge in [0.05, 0.1) is 64.6 Å². The van der Waals surface area contributed by atoms with E-state index in [9.17, 15) is 0 Å². The zero-order valence-corrected chi connectivity index (χ0v) is 24.5. The molecule has 0 rings (SSSR count). The van der Waals surface area contributed by atoms with Crippen molar-refractivity contribution in [1.29, 1.82) is 0 Å². The van der Waals surface area contributed by atoms with E-state index in [1.807, 2.05) is 0 Å². The van der Waals surface area contributed by atoms with Gasteiger partial charge in [-0.1, -0.05) is 54.9 Å². The maximum Gasteiger partial charge on any atom is 0.104 e. The molecule has 8 nitrogen and oxygen atoms in total. The monoisotopic (exact) mass is 520 g/mol. The summed E-state index contributed by atoms with van der Waals surface area (Å²) in [6.07, 6.45) is 5.44. The molecule has 0 aromatic carbocycles.